The molecule has 0 fully saturated rings. The Balaban J connectivity index is 1.49. The van der Waals surface area contributed by atoms with Crippen molar-refractivity contribution in [2.75, 3.05) is 0 Å². The molecule has 2 aromatic heterocycles. The molecular weight excluding hydrogens is 392 g/mol. The Morgan fingerprint density at radius 3 is 2.29 bits per heavy atom. The molecule has 0 aliphatic rings. The maximum Gasteiger partial charge on any atom is 0.248 e. The van der Waals surface area contributed by atoms with Gasteiger partial charge in [-0.2, -0.15) is 4.98 Å². The largest absolute Gasteiger partial charge is 0.457 e. The molecule has 0 aliphatic heterocycles. The molecule has 7 heteroatoms. The van der Waals surface area contributed by atoms with Crippen molar-refractivity contribution in [2.24, 2.45) is 5.73 Å². The Bertz CT molecular complexity index is 1230. The lowest BCUT2D eigenvalue weighted by atomic mass is 10.1. The van der Waals surface area contributed by atoms with Gasteiger partial charge in [0, 0.05) is 35.3 Å². The molecule has 7 nitrogen and oxygen atoms in total. The van der Waals surface area contributed by atoms with E-state index in [4.69, 9.17) is 15.2 Å². The van der Waals surface area contributed by atoms with E-state index in [-0.39, 0.29) is 0 Å². The Kier molecular flexibility index (Phi) is 5.57. The van der Waals surface area contributed by atoms with E-state index in [9.17, 15) is 4.79 Å². The van der Waals surface area contributed by atoms with Gasteiger partial charge in [-0.3, -0.25) is 9.78 Å². The maximum absolute atomic E-state index is 11.3. The third-order valence-corrected chi connectivity index (χ3v) is 4.48. The van der Waals surface area contributed by atoms with Crippen molar-refractivity contribution >= 4 is 5.91 Å². The highest BCUT2D eigenvalue weighted by Gasteiger charge is 2.09. The van der Waals surface area contributed by atoms with Crippen LogP contribution in [0.15, 0.2) is 73.1 Å². The van der Waals surface area contributed by atoms with E-state index < -0.39 is 5.91 Å². The first-order valence-corrected chi connectivity index (χ1v) is 9.60. The van der Waals surface area contributed by atoms with Crippen molar-refractivity contribution in [3.05, 3.63) is 89.9 Å². The Labute approximate surface area is 179 Å². The van der Waals surface area contributed by atoms with Gasteiger partial charge in [-0.1, -0.05) is 0 Å². The van der Waals surface area contributed by atoms with E-state index in [1.54, 1.807) is 60.9 Å². The van der Waals surface area contributed by atoms with Crippen LogP contribution in [0.4, 0.5) is 0 Å². The number of pyridine rings is 1. The first-order chi connectivity index (χ1) is 15.0. The number of carbonyl (C=O) groups excluding carboxylic acids is 1. The summed E-state index contributed by atoms with van der Waals surface area (Å²) in [7, 11) is 0. The summed E-state index contributed by atoms with van der Waals surface area (Å²) in [5, 5.41) is 0. The molecule has 0 spiro atoms. The van der Waals surface area contributed by atoms with Crippen LogP contribution in [-0.2, 0) is 0 Å². The van der Waals surface area contributed by atoms with Gasteiger partial charge >= 0.3 is 0 Å². The Hall–Kier alpha value is -4.26. The van der Waals surface area contributed by atoms with Crippen molar-refractivity contribution in [1.82, 2.24) is 15.0 Å². The van der Waals surface area contributed by atoms with Gasteiger partial charge < -0.3 is 15.2 Å². The molecule has 0 atom stereocenters. The number of aryl methyl sites for hydroxylation is 2. The zero-order chi connectivity index (χ0) is 21.8. The summed E-state index contributed by atoms with van der Waals surface area (Å²) in [6.45, 7) is 3.74. The van der Waals surface area contributed by atoms with Gasteiger partial charge in [0.25, 0.3) is 0 Å². The summed E-state index contributed by atoms with van der Waals surface area (Å²) in [5.74, 6) is 2.42. The second-order valence-corrected chi connectivity index (χ2v) is 6.93. The molecule has 2 aromatic carbocycles. The molecule has 0 unspecified atom stereocenters. The summed E-state index contributed by atoms with van der Waals surface area (Å²) in [6.07, 6.45) is 3.41. The van der Waals surface area contributed by atoms with Crippen LogP contribution in [0.3, 0.4) is 0 Å². The molecule has 4 rings (SSSR count). The number of rotatable bonds is 6. The highest BCUT2D eigenvalue weighted by atomic mass is 16.5. The molecule has 0 radical (unpaired) electrons. The van der Waals surface area contributed by atoms with E-state index in [2.05, 4.69) is 15.0 Å². The molecule has 0 bridgehead atoms. The van der Waals surface area contributed by atoms with Crippen molar-refractivity contribution in [3.63, 3.8) is 0 Å². The molecule has 154 valence electrons. The van der Waals surface area contributed by atoms with Crippen molar-refractivity contribution in [1.29, 1.82) is 0 Å². The zero-order valence-corrected chi connectivity index (χ0v) is 17.1. The Morgan fingerprint density at radius 1 is 0.903 bits per heavy atom. The lowest BCUT2D eigenvalue weighted by Crippen LogP contribution is -2.10. The van der Waals surface area contributed by atoms with Crippen LogP contribution in [0.1, 0.15) is 21.6 Å². The molecular formula is C24H20N4O3. The lowest BCUT2D eigenvalue weighted by Gasteiger charge is -2.11. The number of nitrogens with two attached hydrogens (primary N) is 1. The number of aromatic nitrogens is 3. The SMILES string of the molecule is Cc1cc(Oc2ccc(Oc3ccc(C(N)=O)cc3C)cc2)nc(-c2cccnc2)n1. The summed E-state index contributed by atoms with van der Waals surface area (Å²) in [4.78, 5) is 24.3. The van der Waals surface area contributed by atoms with Crippen LogP contribution in [0, 0.1) is 13.8 Å². The molecule has 0 aliphatic carbocycles. The molecule has 0 saturated carbocycles. The van der Waals surface area contributed by atoms with E-state index in [0.717, 1.165) is 16.8 Å². The van der Waals surface area contributed by atoms with Gasteiger partial charge in [-0.05, 0) is 74.0 Å². The van der Waals surface area contributed by atoms with E-state index in [0.29, 0.717) is 34.5 Å². The van der Waals surface area contributed by atoms with Gasteiger partial charge in [-0.25, -0.2) is 4.98 Å². The number of nitrogens with zero attached hydrogens (tertiary/aromatic N) is 3. The summed E-state index contributed by atoms with van der Waals surface area (Å²) in [5.41, 5.74) is 8.18. The molecule has 4 aromatic rings. The third kappa shape index (κ3) is 4.84. The predicted molar refractivity (Wildman–Crippen MR) is 116 cm³/mol. The van der Waals surface area contributed by atoms with E-state index in [1.165, 1.54) is 0 Å². The molecule has 0 saturated heterocycles. The fourth-order valence-electron chi connectivity index (χ4n) is 2.96. The van der Waals surface area contributed by atoms with Crippen molar-refractivity contribution in [2.45, 2.75) is 13.8 Å². The van der Waals surface area contributed by atoms with Crippen LogP contribution in [0.25, 0.3) is 11.4 Å². The standard InChI is InChI=1S/C24H20N4O3/c1-15-12-17(23(25)29)5-10-21(15)30-19-6-8-20(9-7-19)31-22-13-16(2)27-24(28-22)18-4-3-11-26-14-18/h3-14H,1-2H3,(H2,25,29). The van der Waals surface area contributed by atoms with E-state index >= 15 is 0 Å². The summed E-state index contributed by atoms with van der Waals surface area (Å²) in [6, 6.07) is 17.8. The minimum absolute atomic E-state index is 0.443. The average Bonchev–Trinajstić information content (AvgIpc) is 2.76. The van der Waals surface area contributed by atoms with Gasteiger partial charge in [-0.15, -0.1) is 0 Å². The first kappa shape index (κ1) is 20.0. The van der Waals surface area contributed by atoms with Gasteiger partial charge in [0.1, 0.15) is 17.2 Å². The lowest BCUT2D eigenvalue weighted by molar-refractivity contribution is 0.1000. The highest BCUT2D eigenvalue weighted by Crippen LogP contribution is 2.29. The van der Waals surface area contributed by atoms with Crippen LogP contribution in [0.2, 0.25) is 0 Å². The molecule has 2 heterocycles. The average molecular weight is 412 g/mol. The minimum Gasteiger partial charge on any atom is -0.457 e. The minimum atomic E-state index is -0.470. The van der Waals surface area contributed by atoms with Gasteiger partial charge in [0.05, 0.1) is 0 Å². The number of ether oxygens (including phenoxy) is 2. The summed E-state index contributed by atoms with van der Waals surface area (Å²) >= 11 is 0. The third-order valence-electron chi connectivity index (χ3n) is 4.48. The number of hydrogen-bond acceptors (Lipinski definition) is 6. The quantitative estimate of drug-likeness (QED) is 0.486. The number of benzene rings is 2. The number of primary amides is 1. The van der Waals surface area contributed by atoms with Crippen LogP contribution >= 0.6 is 0 Å². The van der Waals surface area contributed by atoms with E-state index in [1.807, 2.05) is 26.0 Å². The first-order valence-electron chi connectivity index (χ1n) is 9.60. The monoisotopic (exact) mass is 412 g/mol. The van der Waals surface area contributed by atoms with Crippen LogP contribution < -0.4 is 15.2 Å². The fourth-order valence-corrected chi connectivity index (χ4v) is 2.96. The second-order valence-electron chi connectivity index (χ2n) is 6.93. The number of carbonyl (C=O) groups is 1. The second kappa shape index (κ2) is 8.62. The van der Waals surface area contributed by atoms with Crippen molar-refractivity contribution < 1.29 is 14.3 Å². The molecule has 31 heavy (non-hydrogen) atoms. The number of amides is 1. The predicted octanol–water partition coefficient (Wildman–Crippen LogP) is 4.84. The molecule has 2 N–H and O–H groups in total. The zero-order valence-electron chi connectivity index (χ0n) is 17.1. The van der Waals surface area contributed by atoms with Crippen molar-refractivity contribution in [3.8, 4) is 34.5 Å². The van der Waals surface area contributed by atoms with Crippen LogP contribution in [0.5, 0.6) is 23.1 Å². The number of hydrogen-bond donors (Lipinski definition) is 1. The fraction of sp³-hybridized carbons (Fsp3) is 0.0833. The Morgan fingerprint density at radius 2 is 1.65 bits per heavy atom. The summed E-state index contributed by atoms with van der Waals surface area (Å²) < 4.78 is 11.8. The topological polar surface area (TPSA) is 100 Å². The smallest absolute Gasteiger partial charge is 0.248 e. The molecule has 1 amide bonds. The normalized spacial score (nSPS) is 10.5. The van der Waals surface area contributed by atoms with Gasteiger partial charge in [0.15, 0.2) is 5.82 Å². The van der Waals surface area contributed by atoms with Crippen LogP contribution in [-0.4, -0.2) is 20.9 Å². The van der Waals surface area contributed by atoms with Gasteiger partial charge in [0.2, 0.25) is 11.8 Å². The highest BCUT2D eigenvalue weighted by molar-refractivity contribution is 5.93. The maximum atomic E-state index is 11.3.